The second kappa shape index (κ2) is 5.85. The van der Waals surface area contributed by atoms with E-state index < -0.39 is 42.2 Å². The van der Waals surface area contributed by atoms with E-state index in [1.807, 2.05) is 4.72 Å². The van der Waals surface area contributed by atoms with Gasteiger partial charge in [0.1, 0.15) is 4.90 Å². The van der Waals surface area contributed by atoms with Gasteiger partial charge in [-0.15, -0.1) is 0 Å². The maximum absolute atomic E-state index is 13.6. The lowest BCUT2D eigenvalue weighted by atomic mass is 10.3. The van der Waals surface area contributed by atoms with E-state index >= 15 is 0 Å². The molecule has 5 nitrogen and oxygen atoms in total. The Kier molecular flexibility index (Phi) is 4.40. The minimum atomic E-state index is -4.51. The second-order valence-electron chi connectivity index (χ2n) is 4.58. The number of anilines is 1. The molecule has 124 valence electrons. The van der Waals surface area contributed by atoms with E-state index in [0.29, 0.717) is 12.1 Å². The lowest BCUT2D eigenvalue weighted by molar-refractivity contribution is 0.432. The van der Waals surface area contributed by atoms with Gasteiger partial charge in [-0.3, -0.25) is 4.72 Å². The van der Waals surface area contributed by atoms with Gasteiger partial charge < -0.3 is 0 Å². The number of benzene rings is 2. The van der Waals surface area contributed by atoms with E-state index in [2.05, 4.69) is 0 Å². The first kappa shape index (κ1) is 17.3. The van der Waals surface area contributed by atoms with Gasteiger partial charge in [-0.25, -0.2) is 30.0 Å². The molecule has 0 saturated heterocycles. The predicted octanol–water partition coefficient (Wildman–Crippen LogP) is 2.31. The van der Waals surface area contributed by atoms with Crippen LogP contribution in [0.15, 0.2) is 46.2 Å². The van der Waals surface area contributed by atoms with Crippen LogP contribution in [0.4, 0.5) is 18.9 Å². The third kappa shape index (κ3) is 3.64. The lowest BCUT2D eigenvalue weighted by Crippen LogP contribution is -2.16. The fraction of sp³-hybridized carbons (Fsp3) is 0.0769. The standard InChI is InChI=1S/C13H10F3NO4S2/c1-22(18,19)9-4-2-8(3-5-9)17-23(20,21)11-7-6-10(14)12(15)13(11)16/h2-7,17H,1H3. The van der Waals surface area contributed by atoms with Crippen LogP contribution in [-0.2, 0) is 19.9 Å². The second-order valence-corrected chi connectivity index (χ2v) is 8.24. The Labute approximate surface area is 130 Å². The molecule has 2 aromatic carbocycles. The number of nitrogens with one attached hydrogen (secondary N) is 1. The molecule has 2 rings (SSSR count). The van der Waals surface area contributed by atoms with Gasteiger partial charge in [-0.05, 0) is 36.4 Å². The van der Waals surface area contributed by atoms with Gasteiger partial charge in [0.15, 0.2) is 27.3 Å². The number of sulfone groups is 1. The van der Waals surface area contributed by atoms with Crippen LogP contribution < -0.4 is 4.72 Å². The van der Waals surface area contributed by atoms with Gasteiger partial charge in [0.2, 0.25) is 0 Å². The van der Waals surface area contributed by atoms with Crippen LogP contribution in [0.3, 0.4) is 0 Å². The highest BCUT2D eigenvalue weighted by molar-refractivity contribution is 7.92. The molecule has 0 radical (unpaired) electrons. The number of hydrogen-bond acceptors (Lipinski definition) is 4. The minimum absolute atomic E-state index is 0.0422. The van der Waals surface area contributed by atoms with E-state index in [1.165, 1.54) is 0 Å². The molecular formula is C13H10F3NO4S2. The molecule has 0 aliphatic rings. The summed E-state index contributed by atoms with van der Waals surface area (Å²) in [6, 6.07) is 5.65. The van der Waals surface area contributed by atoms with Crippen molar-refractivity contribution in [2.24, 2.45) is 0 Å². The normalized spacial score (nSPS) is 12.2. The van der Waals surface area contributed by atoms with Gasteiger partial charge >= 0.3 is 0 Å². The molecule has 10 heteroatoms. The van der Waals surface area contributed by atoms with Crippen molar-refractivity contribution in [3.8, 4) is 0 Å². The Bertz CT molecular complexity index is 955. The van der Waals surface area contributed by atoms with Crippen LogP contribution in [0.25, 0.3) is 0 Å². The Morgan fingerprint density at radius 2 is 1.39 bits per heavy atom. The highest BCUT2D eigenvalue weighted by atomic mass is 32.2. The van der Waals surface area contributed by atoms with Crippen LogP contribution >= 0.6 is 0 Å². The zero-order valence-corrected chi connectivity index (χ0v) is 13.2. The van der Waals surface area contributed by atoms with Crippen molar-refractivity contribution in [3.05, 3.63) is 53.8 Å². The van der Waals surface area contributed by atoms with Crippen molar-refractivity contribution in [2.75, 3.05) is 11.0 Å². The monoisotopic (exact) mass is 365 g/mol. The minimum Gasteiger partial charge on any atom is -0.280 e. The summed E-state index contributed by atoms with van der Waals surface area (Å²) in [7, 11) is -7.97. The van der Waals surface area contributed by atoms with Crippen molar-refractivity contribution in [3.63, 3.8) is 0 Å². The summed E-state index contributed by atoms with van der Waals surface area (Å²) >= 11 is 0. The highest BCUT2D eigenvalue weighted by Gasteiger charge is 2.24. The quantitative estimate of drug-likeness (QED) is 0.843. The predicted molar refractivity (Wildman–Crippen MR) is 76.7 cm³/mol. The van der Waals surface area contributed by atoms with Crippen LogP contribution in [0.2, 0.25) is 0 Å². The first-order valence-electron chi connectivity index (χ1n) is 5.99. The Morgan fingerprint density at radius 1 is 0.826 bits per heavy atom. The molecule has 0 aromatic heterocycles. The molecule has 0 bridgehead atoms. The van der Waals surface area contributed by atoms with E-state index in [9.17, 15) is 30.0 Å². The maximum Gasteiger partial charge on any atom is 0.264 e. The van der Waals surface area contributed by atoms with Gasteiger partial charge in [0.25, 0.3) is 10.0 Å². The smallest absolute Gasteiger partial charge is 0.264 e. The van der Waals surface area contributed by atoms with Crippen LogP contribution in [0, 0.1) is 17.5 Å². The first-order valence-corrected chi connectivity index (χ1v) is 9.36. The zero-order chi connectivity index (χ0) is 17.4. The first-order chi connectivity index (χ1) is 10.5. The summed E-state index contributed by atoms with van der Waals surface area (Å²) in [4.78, 5) is -1.11. The van der Waals surface area contributed by atoms with E-state index in [4.69, 9.17) is 0 Å². The molecule has 0 spiro atoms. The molecule has 0 amide bonds. The van der Waals surface area contributed by atoms with Gasteiger partial charge in [0.05, 0.1) is 4.90 Å². The van der Waals surface area contributed by atoms with Crippen LogP contribution in [-0.4, -0.2) is 23.1 Å². The highest BCUT2D eigenvalue weighted by Crippen LogP contribution is 2.23. The Hall–Kier alpha value is -2.07. The van der Waals surface area contributed by atoms with Crippen molar-refractivity contribution in [1.82, 2.24) is 0 Å². The lowest BCUT2D eigenvalue weighted by Gasteiger charge is -2.10. The van der Waals surface area contributed by atoms with E-state index in [-0.39, 0.29) is 10.6 Å². The number of sulfonamides is 1. The molecule has 0 aliphatic heterocycles. The van der Waals surface area contributed by atoms with Gasteiger partial charge in [-0.2, -0.15) is 0 Å². The molecular weight excluding hydrogens is 355 g/mol. The van der Waals surface area contributed by atoms with Gasteiger partial charge in [-0.1, -0.05) is 0 Å². The van der Waals surface area contributed by atoms with Crippen LogP contribution in [0.5, 0.6) is 0 Å². The van der Waals surface area contributed by atoms with Crippen molar-refractivity contribution in [2.45, 2.75) is 9.79 Å². The molecule has 23 heavy (non-hydrogen) atoms. The number of halogens is 3. The summed E-state index contributed by atoms with van der Waals surface area (Å²) in [5.41, 5.74) is -0.0680. The van der Waals surface area contributed by atoms with E-state index in [1.54, 1.807) is 0 Å². The third-order valence-electron chi connectivity index (χ3n) is 2.82. The number of hydrogen-bond donors (Lipinski definition) is 1. The average molecular weight is 365 g/mol. The van der Waals surface area contributed by atoms with Crippen LogP contribution in [0.1, 0.15) is 0 Å². The SMILES string of the molecule is CS(=O)(=O)c1ccc(NS(=O)(=O)c2ccc(F)c(F)c2F)cc1. The van der Waals surface area contributed by atoms with Gasteiger partial charge in [0, 0.05) is 11.9 Å². The molecule has 1 N–H and O–H groups in total. The molecule has 0 heterocycles. The third-order valence-corrected chi connectivity index (χ3v) is 5.35. The largest absolute Gasteiger partial charge is 0.280 e. The summed E-state index contributed by atoms with van der Waals surface area (Å²) in [6.07, 6.45) is 0.975. The zero-order valence-electron chi connectivity index (χ0n) is 11.5. The average Bonchev–Trinajstić information content (AvgIpc) is 2.43. The van der Waals surface area contributed by atoms with Crippen molar-refractivity contribution >= 4 is 25.5 Å². The Morgan fingerprint density at radius 3 is 1.91 bits per heavy atom. The summed E-state index contributed by atoms with van der Waals surface area (Å²) in [6.45, 7) is 0. The van der Waals surface area contributed by atoms with Crippen molar-refractivity contribution < 1.29 is 30.0 Å². The fourth-order valence-corrected chi connectivity index (χ4v) is 3.46. The van der Waals surface area contributed by atoms with Crippen molar-refractivity contribution in [1.29, 1.82) is 0 Å². The molecule has 0 atom stereocenters. The summed E-state index contributed by atoms with van der Waals surface area (Å²) < 4.78 is 88.1. The molecule has 0 aliphatic carbocycles. The van der Waals surface area contributed by atoms with E-state index in [0.717, 1.165) is 30.5 Å². The maximum atomic E-state index is 13.6. The molecule has 2 aromatic rings. The Balaban J connectivity index is 2.38. The fourth-order valence-electron chi connectivity index (χ4n) is 1.70. The molecule has 0 fully saturated rings. The molecule has 0 saturated carbocycles. The summed E-state index contributed by atoms with van der Waals surface area (Å²) in [5, 5.41) is 0. The summed E-state index contributed by atoms with van der Waals surface area (Å²) in [5.74, 6) is -5.26. The topological polar surface area (TPSA) is 80.3 Å². The number of rotatable bonds is 4. The molecule has 0 unspecified atom stereocenters.